The first-order chi connectivity index (χ1) is 10.0. The third kappa shape index (κ3) is 4.57. The summed E-state index contributed by atoms with van der Waals surface area (Å²) in [7, 11) is 0. The lowest BCUT2D eigenvalue weighted by Crippen LogP contribution is -2.15. The van der Waals surface area contributed by atoms with E-state index >= 15 is 0 Å². The Morgan fingerprint density at radius 3 is 2.71 bits per heavy atom. The average Bonchev–Trinajstić information content (AvgIpc) is 2.89. The van der Waals surface area contributed by atoms with Gasteiger partial charge in [-0.2, -0.15) is 0 Å². The summed E-state index contributed by atoms with van der Waals surface area (Å²) in [4.78, 5) is 26.2. The summed E-state index contributed by atoms with van der Waals surface area (Å²) in [6, 6.07) is 6.24. The topological polar surface area (TPSA) is 133 Å². The summed E-state index contributed by atoms with van der Waals surface area (Å²) in [5, 5.41) is 16.9. The number of nitrogens with one attached hydrogen (secondary N) is 1. The highest BCUT2D eigenvalue weighted by molar-refractivity contribution is 7.99. The molecule has 1 heterocycles. The van der Waals surface area contributed by atoms with E-state index in [-0.39, 0.29) is 12.5 Å². The van der Waals surface area contributed by atoms with Crippen LogP contribution in [0.25, 0.3) is 0 Å². The third-order valence-electron chi connectivity index (χ3n) is 2.21. The Bertz CT molecular complexity index is 645. The summed E-state index contributed by atoms with van der Waals surface area (Å²) >= 11 is 2.17. The van der Waals surface area contributed by atoms with Crippen LogP contribution in [0.4, 0.5) is 5.13 Å². The zero-order valence-corrected chi connectivity index (χ0v) is 12.0. The predicted octanol–water partition coefficient (Wildman–Crippen LogP) is 1.27. The van der Waals surface area contributed by atoms with E-state index in [9.17, 15) is 14.9 Å². The van der Waals surface area contributed by atoms with Gasteiger partial charge >= 0.3 is 0 Å². The van der Waals surface area contributed by atoms with Crippen molar-refractivity contribution < 1.29 is 14.7 Å². The molecule has 110 valence electrons. The molecule has 0 fully saturated rings. The first-order valence-electron chi connectivity index (χ1n) is 5.47. The SMILES string of the molecule is Nc1nnc(SNC(=O)c2ccc(CO[N+](=O)[O-])cc2)s1. The van der Waals surface area contributed by atoms with E-state index in [0.29, 0.717) is 20.6 Å². The number of hydrogen-bond donors (Lipinski definition) is 2. The largest absolute Gasteiger partial charge is 0.374 e. The fourth-order valence-corrected chi connectivity index (χ4v) is 2.56. The summed E-state index contributed by atoms with van der Waals surface area (Å²) < 4.78 is 3.11. The van der Waals surface area contributed by atoms with Crippen LogP contribution in [0, 0.1) is 10.1 Å². The molecule has 0 atom stereocenters. The van der Waals surface area contributed by atoms with E-state index in [1.54, 1.807) is 24.3 Å². The van der Waals surface area contributed by atoms with Gasteiger partial charge in [0.05, 0.1) is 0 Å². The van der Waals surface area contributed by atoms with Crippen molar-refractivity contribution in [2.24, 2.45) is 0 Å². The maximum atomic E-state index is 11.9. The highest BCUT2D eigenvalue weighted by atomic mass is 32.2. The second-order valence-electron chi connectivity index (χ2n) is 3.63. The molecule has 0 bridgehead atoms. The lowest BCUT2D eigenvalue weighted by Gasteiger charge is -2.03. The quantitative estimate of drug-likeness (QED) is 0.460. The minimum absolute atomic E-state index is 0.159. The molecule has 3 N–H and O–H groups in total. The smallest absolute Gasteiger partial charge is 0.294 e. The van der Waals surface area contributed by atoms with E-state index < -0.39 is 5.09 Å². The van der Waals surface area contributed by atoms with Gasteiger partial charge in [0, 0.05) is 17.5 Å². The van der Waals surface area contributed by atoms with Crippen molar-refractivity contribution >= 4 is 34.3 Å². The summed E-state index contributed by atoms with van der Waals surface area (Å²) in [6.07, 6.45) is 0. The summed E-state index contributed by atoms with van der Waals surface area (Å²) in [5.74, 6) is -0.324. The van der Waals surface area contributed by atoms with E-state index in [1.807, 2.05) is 0 Å². The van der Waals surface area contributed by atoms with E-state index in [0.717, 1.165) is 23.3 Å². The Labute approximate surface area is 126 Å². The molecule has 2 aromatic rings. The molecule has 2 rings (SSSR count). The van der Waals surface area contributed by atoms with Crippen LogP contribution < -0.4 is 10.5 Å². The van der Waals surface area contributed by atoms with Crippen molar-refractivity contribution in [2.45, 2.75) is 10.9 Å². The first-order valence-corrected chi connectivity index (χ1v) is 7.10. The van der Waals surface area contributed by atoms with E-state index in [4.69, 9.17) is 5.73 Å². The average molecular weight is 327 g/mol. The molecule has 0 aliphatic heterocycles. The van der Waals surface area contributed by atoms with Crippen molar-refractivity contribution in [3.63, 3.8) is 0 Å². The van der Waals surface area contributed by atoms with Crippen LogP contribution in [0.15, 0.2) is 28.6 Å². The Morgan fingerprint density at radius 2 is 2.14 bits per heavy atom. The summed E-state index contributed by atoms with van der Waals surface area (Å²) in [5.41, 5.74) is 6.42. The number of benzene rings is 1. The number of anilines is 1. The molecule has 0 saturated heterocycles. The number of rotatable bonds is 6. The molecule has 0 spiro atoms. The number of hydrogen-bond acceptors (Lipinski definition) is 9. The molecule has 0 unspecified atom stereocenters. The second kappa shape index (κ2) is 6.85. The van der Waals surface area contributed by atoms with Crippen molar-refractivity contribution in [3.05, 3.63) is 45.5 Å². The minimum Gasteiger partial charge on any atom is -0.374 e. The molecule has 1 aromatic carbocycles. The molecule has 11 heteroatoms. The highest BCUT2D eigenvalue weighted by Crippen LogP contribution is 2.21. The van der Waals surface area contributed by atoms with Crippen LogP contribution in [-0.4, -0.2) is 21.2 Å². The molecule has 9 nitrogen and oxygen atoms in total. The maximum Gasteiger partial charge on any atom is 0.294 e. The van der Waals surface area contributed by atoms with E-state index in [1.165, 1.54) is 0 Å². The number of nitrogen functional groups attached to an aromatic ring is 1. The summed E-state index contributed by atoms with van der Waals surface area (Å²) in [6.45, 7) is -0.159. The maximum absolute atomic E-state index is 11.9. The molecule has 1 amide bonds. The number of amides is 1. The van der Waals surface area contributed by atoms with Crippen molar-refractivity contribution in [3.8, 4) is 0 Å². The number of carbonyl (C=O) groups is 1. The highest BCUT2D eigenvalue weighted by Gasteiger charge is 2.08. The van der Waals surface area contributed by atoms with Gasteiger partial charge in [-0.05, 0) is 17.7 Å². The molecular weight excluding hydrogens is 318 g/mol. The predicted molar refractivity (Wildman–Crippen MR) is 75.9 cm³/mol. The van der Waals surface area contributed by atoms with Gasteiger partial charge in [0.25, 0.3) is 11.0 Å². The zero-order chi connectivity index (χ0) is 15.2. The fourth-order valence-electron chi connectivity index (χ4n) is 1.29. The van der Waals surface area contributed by atoms with Gasteiger partial charge < -0.3 is 10.6 Å². The van der Waals surface area contributed by atoms with Crippen LogP contribution in [-0.2, 0) is 11.4 Å². The minimum atomic E-state index is -0.870. The zero-order valence-electron chi connectivity index (χ0n) is 10.4. The van der Waals surface area contributed by atoms with Gasteiger partial charge in [0.2, 0.25) is 5.13 Å². The lowest BCUT2D eigenvalue weighted by atomic mass is 10.1. The van der Waals surface area contributed by atoms with Crippen LogP contribution in [0.2, 0.25) is 0 Å². The van der Waals surface area contributed by atoms with Gasteiger partial charge in [0.15, 0.2) is 4.34 Å². The fraction of sp³-hybridized carbons (Fsp3) is 0.100. The Balaban J connectivity index is 1.88. The number of nitrogens with zero attached hydrogens (tertiary/aromatic N) is 3. The normalized spacial score (nSPS) is 10.1. The first kappa shape index (κ1) is 15.0. The number of carbonyl (C=O) groups excluding carboxylic acids is 1. The van der Waals surface area contributed by atoms with E-state index in [2.05, 4.69) is 19.8 Å². The van der Waals surface area contributed by atoms with Gasteiger partial charge in [-0.25, -0.2) is 0 Å². The molecule has 1 aromatic heterocycles. The molecule has 0 saturated carbocycles. The third-order valence-corrected chi connectivity index (χ3v) is 3.80. The van der Waals surface area contributed by atoms with Crippen LogP contribution >= 0.6 is 23.3 Å². The van der Waals surface area contributed by atoms with Crippen LogP contribution in [0.1, 0.15) is 15.9 Å². The number of aromatic nitrogens is 2. The van der Waals surface area contributed by atoms with Gasteiger partial charge in [-0.3, -0.25) is 9.52 Å². The Hall–Kier alpha value is -2.40. The molecule has 21 heavy (non-hydrogen) atoms. The monoisotopic (exact) mass is 327 g/mol. The molecule has 0 aliphatic rings. The van der Waals surface area contributed by atoms with Gasteiger partial charge in [0.1, 0.15) is 6.61 Å². The Morgan fingerprint density at radius 1 is 1.43 bits per heavy atom. The van der Waals surface area contributed by atoms with Crippen LogP contribution in [0.3, 0.4) is 0 Å². The standard InChI is InChI=1S/C10H9N5O4S2/c11-9-12-13-10(20-9)21-14-8(16)7-3-1-6(2-4-7)5-19-15(17)18/h1-4H,5H2,(H2,11,12)(H,14,16). The lowest BCUT2D eigenvalue weighted by molar-refractivity contribution is -0.763. The van der Waals surface area contributed by atoms with Gasteiger partial charge in [-0.15, -0.1) is 20.3 Å². The molecule has 0 aliphatic carbocycles. The second-order valence-corrected chi connectivity index (χ2v) is 5.70. The van der Waals surface area contributed by atoms with Crippen molar-refractivity contribution in [1.82, 2.24) is 14.9 Å². The molecular formula is C10H9N5O4S2. The van der Waals surface area contributed by atoms with Crippen molar-refractivity contribution in [2.75, 3.05) is 5.73 Å². The van der Waals surface area contributed by atoms with Gasteiger partial charge in [-0.1, -0.05) is 23.5 Å². The van der Waals surface area contributed by atoms with Crippen LogP contribution in [0.5, 0.6) is 0 Å². The molecule has 0 radical (unpaired) electrons. The number of nitrogens with two attached hydrogens (primary N) is 1. The Kier molecular flexibility index (Phi) is 4.90. The van der Waals surface area contributed by atoms with Crippen molar-refractivity contribution in [1.29, 1.82) is 0 Å².